The van der Waals surface area contributed by atoms with Crippen LogP contribution in [0.1, 0.15) is 38.5 Å². The highest BCUT2D eigenvalue weighted by Gasteiger charge is 2.68. The molecular formula is C10H16ClF2N. The quantitative estimate of drug-likeness (QED) is 0.672. The van der Waals surface area contributed by atoms with E-state index < -0.39 is 5.92 Å². The molecule has 0 unspecified atom stereocenters. The minimum atomic E-state index is -2.34. The Morgan fingerprint density at radius 1 is 0.929 bits per heavy atom. The fraction of sp³-hybridized carbons (Fsp3) is 1.00. The van der Waals surface area contributed by atoms with Gasteiger partial charge in [0.05, 0.1) is 0 Å². The van der Waals surface area contributed by atoms with Gasteiger partial charge in [-0.3, -0.25) is 0 Å². The van der Waals surface area contributed by atoms with Gasteiger partial charge >= 0.3 is 0 Å². The van der Waals surface area contributed by atoms with Crippen LogP contribution in [0, 0.1) is 10.8 Å². The van der Waals surface area contributed by atoms with Crippen molar-refractivity contribution in [3.8, 4) is 0 Å². The predicted molar refractivity (Wildman–Crippen MR) is 52.7 cm³/mol. The van der Waals surface area contributed by atoms with Crippen LogP contribution < -0.4 is 5.73 Å². The molecular weight excluding hydrogens is 208 g/mol. The lowest BCUT2D eigenvalue weighted by atomic mass is 9.38. The molecule has 0 aromatic rings. The second-order valence-electron chi connectivity index (χ2n) is 5.73. The first kappa shape index (κ1) is 10.6. The summed E-state index contributed by atoms with van der Waals surface area (Å²) in [4.78, 5) is 0. The second-order valence-corrected chi connectivity index (χ2v) is 5.73. The first-order valence-electron chi connectivity index (χ1n) is 5.06. The zero-order valence-electron chi connectivity index (χ0n) is 8.06. The first-order valence-corrected chi connectivity index (χ1v) is 5.06. The van der Waals surface area contributed by atoms with Crippen LogP contribution in [-0.4, -0.2) is 12.0 Å². The maximum atomic E-state index is 12.7. The van der Waals surface area contributed by atoms with Crippen molar-refractivity contribution in [2.24, 2.45) is 16.6 Å². The van der Waals surface area contributed by atoms with Crippen LogP contribution in [0.2, 0.25) is 0 Å². The lowest BCUT2D eigenvalue weighted by molar-refractivity contribution is -0.248. The normalized spacial score (nSPS) is 35.4. The molecule has 0 bridgehead atoms. The number of hydrogen-bond donors (Lipinski definition) is 1. The van der Waals surface area contributed by atoms with Gasteiger partial charge < -0.3 is 5.73 Å². The lowest BCUT2D eigenvalue weighted by Gasteiger charge is -2.68. The van der Waals surface area contributed by atoms with E-state index in [0.29, 0.717) is 11.5 Å². The molecule has 0 heterocycles. The average molecular weight is 224 g/mol. The van der Waals surface area contributed by atoms with Gasteiger partial charge in [0, 0.05) is 18.9 Å². The van der Waals surface area contributed by atoms with Crippen molar-refractivity contribution in [3.05, 3.63) is 0 Å². The summed E-state index contributed by atoms with van der Waals surface area (Å²) in [5, 5.41) is 0. The number of nitrogens with two attached hydrogens (primary N) is 1. The van der Waals surface area contributed by atoms with Gasteiger partial charge in [0.15, 0.2) is 0 Å². The van der Waals surface area contributed by atoms with E-state index in [4.69, 9.17) is 5.73 Å². The maximum absolute atomic E-state index is 12.7. The van der Waals surface area contributed by atoms with Crippen LogP contribution in [-0.2, 0) is 0 Å². The standard InChI is InChI=1S/C10H15F2N.ClH/c11-10(12)5-9(6-10)3-8(4-9)1-7(13)2-8;/h7H,1-6,13H2;1H. The summed E-state index contributed by atoms with van der Waals surface area (Å²) < 4.78 is 25.4. The Labute approximate surface area is 88.8 Å². The molecule has 14 heavy (non-hydrogen) atoms. The summed E-state index contributed by atoms with van der Waals surface area (Å²) in [7, 11) is 0. The van der Waals surface area contributed by atoms with Crippen LogP contribution in [0.3, 0.4) is 0 Å². The molecule has 2 N–H and O–H groups in total. The van der Waals surface area contributed by atoms with E-state index in [-0.39, 0.29) is 30.7 Å². The number of hydrogen-bond acceptors (Lipinski definition) is 1. The SMILES string of the molecule is Cl.NC1CC2(C1)CC1(CC(F)(F)C1)C2. The molecule has 3 saturated carbocycles. The van der Waals surface area contributed by atoms with Gasteiger partial charge in [-0.1, -0.05) is 0 Å². The Balaban J connectivity index is 0.000000750. The summed E-state index contributed by atoms with van der Waals surface area (Å²) in [5.41, 5.74) is 6.17. The molecule has 0 saturated heterocycles. The minimum Gasteiger partial charge on any atom is -0.328 e. The van der Waals surface area contributed by atoms with Gasteiger partial charge in [-0.2, -0.15) is 0 Å². The smallest absolute Gasteiger partial charge is 0.249 e. The van der Waals surface area contributed by atoms with Crippen molar-refractivity contribution in [2.75, 3.05) is 0 Å². The van der Waals surface area contributed by atoms with Crippen LogP contribution in [0.15, 0.2) is 0 Å². The Morgan fingerprint density at radius 3 is 1.79 bits per heavy atom. The topological polar surface area (TPSA) is 26.0 Å². The number of halogens is 3. The summed E-state index contributed by atoms with van der Waals surface area (Å²) in [6.07, 6.45) is 4.53. The molecule has 0 radical (unpaired) electrons. The maximum Gasteiger partial charge on any atom is 0.249 e. The number of alkyl halides is 2. The van der Waals surface area contributed by atoms with Crippen molar-refractivity contribution in [2.45, 2.75) is 50.5 Å². The van der Waals surface area contributed by atoms with Gasteiger partial charge in [0.1, 0.15) is 0 Å². The van der Waals surface area contributed by atoms with Gasteiger partial charge in [0.25, 0.3) is 0 Å². The van der Waals surface area contributed by atoms with Crippen LogP contribution in [0.4, 0.5) is 8.78 Å². The third-order valence-corrected chi connectivity index (χ3v) is 4.16. The molecule has 2 spiro atoms. The van der Waals surface area contributed by atoms with Crippen LogP contribution in [0.25, 0.3) is 0 Å². The zero-order valence-corrected chi connectivity index (χ0v) is 8.88. The fourth-order valence-electron chi connectivity index (χ4n) is 4.18. The van der Waals surface area contributed by atoms with Crippen molar-refractivity contribution < 1.29 is 8.78 Å². The van der Waals surface area contributed by atoms with Gasteiger partial charge in [-0.05, 0) is 36.5 Å². The molecule has 3 rings (SSSR count). The first-order chi connectivity index (χ1) is 5.93. The van der Waals surface area contributed by atoms with E-state index in [1.54, 1.807) is 0 Å². The van der Waals surface area contributed by atoms with Gasteiger partial charge in [-0.15, -0.1) is 12.4 Å². The van der Waals surface area contributed by atoms with E-state index in [0.717, 1.165) is 25.7 Å². The van der Waals surface area contributed by atoms with Crippen molar-refractivity contribution in [1.82, 2.24) is 0 Å². The molecule has 3 aliphatic carbocycles. The predicted octanol–water partition coefficient (Wildman–Crippen LogP) is 2.73. The van der Waals surface area contributed by atoms with Gasteiger partial charge in [-0.25, -0.2) is 8.78 Å². The Kier molecular flexibility index (Phi) is 1.98. The van der Waals surface area contributed by atoms with E-state index in [1.807, 2.05) is 0 Å². The molecule has 0 amide bonds. The molecule has 0 aromatic heterocycles. The molecule has 1 nitrogen and oxygen atoms in total. The minimum absolute atomic E-state index is 0. The Morgan fingerprint density at radius 2 is 1.43 bits per heavy atom. The molecule has 3 aliphatic rings. The number of rotatable bonds is 0. The summed E-state index contributed by atoms with van der Waals surface area (Å²) in [6.45, 7) is 0. The van der Waals surface area contributed by atoms with E-state index >= 15 is 0 Å². The molecule has 0 aliphatic heterocycles. The highest BCUT2D eigenvalue weighted by atomic mass is 35.5. The lowest BCUT2D eigenvalue weighted by Crippen LogP contribution is -2.64. The molecule has 0 aromatic carbocycles. The van der Waals surface area contributed by atoms with E-state index in [1.165, 1.54) is 0 Å². The van der Waals surface area contributed by atoms with Crippen molar-refractivity contribution >= 4 is 12.4 Å². The summed E-state index contributed by atoms with van der Waals surface area (Å²) in [6, 6.07) is 0.359. The third kappa shape index (κ3) is 1.28. The van der Waals surface area contributed by atoms with Crippen LogP contribution >= 0.6 is 12.4 Å². The average Bonchev–Trinajstić information content (AvgIpc) is 1.75. The van der Waals surface area contributed by atoms with Gasteiger partial charge in [0.2, 0.25) is 5.92 Å². The zero-order chi connectivity index (χ0) is 9.32. The second kappa shape index (κ2) is 2.62. The molecule has 82 valence electrons. The summed E-state index contributed by atoms with van der Waals surface area (Å²) in [5.74, 6) is -2.34. The highest BCUT2D eigenvalue weighted by Crippen LogP contribution is 2.73. The van der Waals surface area contributed by atoms with Crippen molar-refractivity contribution in [3.63, 3.8) is 0 Å². The van der Waals surface area contributed by atoms with E-state index in [2.05, 4.69) is 0 Å². The molecule has 4 heteroatoms. The molecule has 0 atom stereocenters. The Bertz CT molecular complexity index is 243. The highest BCUT2D eigenvalue weighted by molar-refractivity contribution is 5.85. The monoisotopic (exact) mass is 223 g/mol. The van der Waals surface area contributed by atoms with Crippen molar-refractivity contribution in [1.29, 1.82) is 0 Å². The Hall–Kier alpha value is 0.110. The van der Waals surface area contributed by atoms with E-state index in [9.17, 15) is 8.78 Å². The fourth-order valence-corrected chi connectivity index (χ4v) is 4.18. The molecule has 3 fully saturated rings. The summed E-state index contributed by atoms with van der Waals surface area (Å²) >= 11 is 0. The largest absolute Gasteiger partial charge is 0.328 e. The third-order valence-electron chi connectivity index (χ3n) is 4.16. The van der Waals surface area contributed by atoms with Crippen LogP contribution in [0.5, 0.6) is 0 Å².